The molecular formula is C26H31N7O. The third kappa shape index (κ3) is 5.17. The van der Waals surface area contributed by atoms with E-state index in [1.165, 1.54) is 0 Å². The molecule has 1 saturated heterocycles. The van der Waals surface area contributed by atoms with Crippen LogP contribution in [0, 0.1) is 11.3 Å². The Bertz CT molecular complexity index is 1200. The van der Waals surface area contributed by atoms with Gasteiger partial charge in [0.15, 0.2) is 0 Å². The zero-order chi connectivity index (χ0) is 24.2. The van der Waals surface area contributed by atoms with Crippen molar-refractivity contribution in [3.63, 3.8) is 0 Å². The summed E-state index contributed by atoms with van der Waals surface area (Å²) in [6.07, 6.45) is 1.70. The minimum atomic E-state index is -0.134. The van der Waals surface area contributed by atoms with Crippen LogP contribution in [0.4, 0.5) is 17.5 Å². The van der Waals surface area contributed by atoms with E-state index in [0.29, 0.717) is 41.6 Å². The third-order valence-corrected chi connectivity index (χ3v) is 6.34. The minimum absolute atomic E-state index is 0.0494. The van der Waals surface area contributed by atoms with Crippen LogP contribution in [0.15, 0.2) is 54.6 Å². The van der Waals surface area contributed by atoms with Gasteiger partial charge >= 0.3 is 0 Å². The molecule has 0 aliphatic carbocycles. The molecule has 1 aliphatic rings. The summed E-state index contributed by atoms with van der Waals surface area (Å²) < 4.78 is 0. The molecule has 1 aromatic heterocycles. The largest absolute Gasteiger partial charge is 0.398 e. The maximum absolute atomic E-state index is 12.9. The number of nitrogens with two attached hydrogens (primary N) is 2. The van der Waals surface area contributed by atoms with E-state index in [1.54, 1.807) is 13.0 Å². The molecule has 0 spiro atoms. The second kappa shape index (κ2) is 9.91. The molecule has 1 aliphatic heterocycles. The Labute approximate surface area is 199 Å². The van der Waals surface area contributed by atoms with Gasteiger partial charge in [-0.25, -0.2) is 4.98 Å². The van der Waals surface area contributed by atoms with Crippen molar-refractivity contribution in [3.05, 3.63) is 65.7 Å². The second-order valence-electron chi connectivity index (χ2n) is 8.88. The Hall–Kier alpha value is -3.94. The predicted octanol–water partition coefficient (Wildman–Crippen LogP) is 3.62. The van der Waals surface area contributed by atoms with Crippen LogP contribution in [0.2, 0.25) is 0 Å². The summed E-state index contributed by atoms with van der Waals surface area (Å²) in [5, 5.41) is 10.9. The lowest BCUT2D eigenvalue weighted by molar-refractivity contribution is -0.125. The standard InChI is InChI=1S/C26H31N7O/c1-16-8-9-20(25(34)30-14-18-6-4-3-5-7-18)15-33(16)24-13-23(31-26(29)32-24)19-10-11-21(17(2)27)22(28)12-19/h3-7,10-13,16,20,27H,8-9,14-15,28H2,1-2H3,(H,30,34)(H2,29,31,32). The van der Waals surface area contributed by atoms with Gasteiger partial charge in [0.05, 0.1) is 11.6 Å². The third-order valence-electron chi connectivity index (χ3n) is 6.34. The first kappa shape index (κ1) is 23.2. The molecule has 6 N–H and O–H groups in total. The Morgan fingerprint density at radius 3 is 2.59 bits per heavy atom. The monoisotopic (exact) mass is 457 g/mol. The number of carbonyl (C=O) groups is 1. The highest BCUT2D eigenvalue weighted by atomic mass is 16.1. The fourth-order valence-corrected chi connectivity index (χ4v) is 4.38. The molecule has 8 heteroatoms. The zero-order valence-electron chi connectivity index (χ0n) is 19.6. The molecule has 1 amide bonds. The van der Waals surface area contributed by atoms with Crippen LogP contribution in [0.3, 0.4) is 0 Å². The van der Waals surface area contributed by atoms with Crippen molar-refractivity contribution in [2.24, 2.45) is 5.92 Å². The van der Waals surface area contributed by atoms with E-state index in [1.807, 2.05) is 48.5 Å². The van der Waals surface area contributed by atoms with E-state index >= 15 is 0 Å². The van der Waals surface area contributed by atoms with E-state index in [4.69, 9.17) is 16.9 Å². The summed E-state index contributed by atoms with van der Waals surface area (Å²) in [5.41, 5.74) is 16.4. The van der Waals surface area contributed by atoms with Crippen molar-refractivity contribution in [1.29, 1.82) is 5.41 Å². The van der Waals surface area contributed by atoms with Gasteiger partial charge in [-0.05, 0) is 38.3 Å². The first-order valence-corrected chi connectivity index (χ1v) is 11.5. The van der Waals surface area contributed by atoms with Gasteiger partial charge in [-0.2, -0.15) is 4.98 Å². The predicted molar refractivity (Wildman–Crippen MR) is 137 cm³/mol. The van der Waals surface area contributed by atoms with E-state index < -0.39 is 0 Å². The molecule has 2 unspecified atom stereocenters. The van der Waals surface area contributed by atoms with Crippen LogP contribution in [0.25, 0.3) is 11.3 Å². The summed E-state index contributed by atoms with van der Waals surface area (Å²) in [4.78, 5) is 23.9. The molecule has 3 aromatic rings. The number of aromatic nitrogens is 2. The van der Waals surface area contributed by atoms with Crippen molar-refractivity contribution >= 4 is 29.1 Å². The Morgan fingerprint density at radius 1 is 1.12 bits per heavy atom. The zero-order valence-corrected chi connectivity index (χ0v) is 19.6. The van der Waals surface area contributed by atoms with Crippen molar-refractivity contribution in [2.75, 3.05) is 22.9 Å². The summed E-state index contributed by atoms with van der Waals surface area (Å²) in [6.45, 7) is 4.92. The maximum Gasteiger partial charge on any atom is 0.225 e. The lowest BCUT2D eigenvalue weighted by atomic mass is 9.92. The number of anilines is 3. The molecule has 2 aromatic carbocycles. The van der Waals surface area contributed by atoms with Gasteiger partial charge in [-0.15, -0.1) is 0 Å². The van der Waals surface area contributed by atoms with E-state index in [9.17, 15) is 4.79 Å². The SMILES string of the molecule is CC(=N)c1ccc(-c2cc(N3CC(C(=O)NCc4ccccc4)CCC3C)nc(N)n2)cc1N. The molecule has 0 saturated carbocycles. The Kier molecular flexibility index (Phi) is 6.77. The number of amides is 1. The van der Waals surface area contributed by atoms with Crippen molar-refractivity contribution in [3.8, 4) is 11.3 Å². The van der Waals surface area contributed by atoms with Gasteiger partial charge in [0, 0.05) is 47.7 Å². The van der Waals surface area contributed by atoms with E-state index in [2.05, 4.69) is 27.1 Å². The van der Waals surface area contributed by atoms with Crippen molar-refractivity contribution in [2.45, 2.75) is 39.3 Å². The summed E-state index contributed by atoms with van der Waals surface area (Å²) in [6, 6.07) is 17.5. The molecule has 34 heavy (non-hydrogen) atoms. The second-order valence-corrected chi connectivity index (χ2v) is 8.88. The highest BCUT2D eigenvalue weighted by molar-refractivity contribution is 6.01. The topological polar surface area (TPSA) is 134 Å². The molecule has 0 bridgehead atoms. The first-order chi connectivity index (χ1) is 16.3. The highest BCUT2D eigenvalue weighted by Crippen LogP contribution is 2.31. The number of nitrogens with zero attached hydrogens (tertiary/aromatic N) is 3. The first-order valence-electron chi connectivity index (χ1n) is 11.5. The van der Waals surface area contributed by atoms with Crippen LogP contribution in [-0.4, -0.2) is 34.2 Å². The quantitative estimate of drug-likeness (QED) is 0.330. The van der Waals surface area contributed by atoms with E-state index in [-0.39, 0.29) is 23.8 Å². The molecule has 2 heterocycles. The lowest BCUT2D eigenvalue weighted by Crippen LogP contribution is -2.47. The van der Waals surface area contributed by atoms with Gasteiger partial charge in [-0.3, -0.25) is 4.79 Å². The molecule has 2 atom stereocenters. The lowest BCUT2D eigenvalue weighted by Gasteiger charge is -2.38. The van der Waals surface area contributed by atoms with Gasteiger partial charge in [0.2, 0.25) is 11.9 Å². The van der Waals surface area contributed by atoms with Gasteiger partial charge in [0.1, 0.15) is 5.82 Å². The summed E-state index contributed by atoms with van der Waals surface area (Å²) in [7, 11) is 0. The van der Waals surface area contributed by atoms with Gasteiger partial charge < -0.3 is 27.1 Å². The van der Waals surface area contributed by atoms with Crippen LogP contribution in [-0.2, 0) is 11.3 Å². The Balaban J connectivity index is 1.53. The van der Waals surface area contributed by atoms with Crippen molar-refractivity contribution in [1.82, 2.24) is 15.3 Å². The fourth-order valence-electron chi connectivity index (χ4n) is 4.38. The van der Waals surface area contributed by atoms with Crippen LogP contribution < -0.4 is 21.7 Å². The van der Waals surface area contributed by atoms with Crippen molar-refractivity contribution < 1.29 is 4.79 Å². The molecule has 0 radical (unpaired) electrons. The van der Waals surface area contributed by atoms with Crippen LogP contribution >= 0.6 is 0 Å². The number of nitrogens with one attached hydrogen (secondary N) is 2. The number of nitrogen functional groups attached to an aromatic ring is 2. The van der Waals surface area contributed by atoms with E-state index in [0.717, 1.165) is 24.0 Å². The number of benzene rings is 2. The summed E-state index contributed by atoms with van der Waals surface area (Å²) >= 11 is 0. The number of piperidine rings is 1. The smallest absolute Gasteiger partial charge is 0.225 e. The normalized spacial score (nSPS) is 17.9. The molecule has 176 valence electrons. The number of carbonyl (C=O) groups excluding carboxylic acids is 1. The maximum atomic E-state index is 12.9. The highest BCUT2D eigenvalue weighted by Gasteiger charge is 2.31. The fraction of sp³-hybridized carbons (Fsp3) is 0.308. The molecule has 8 nitrogen and oxygen atoms in total. The van der Waals surface area contributed by atoms with Gasteiger partial charge in [-0.1, -0.05) is 42.5 Å². The average Bonchev–Trinajstić information content (AvgIpc) is 2.82. The molecule has 1 fully saturated rings. The number of hydrogen-bond donors (Lipinski definition) is 4. The Morgan fingerprint density at radius 2 is 1.88 bits per heavy atom. The van der Waals surface area contributed by atoms with Crippen LogP contribution in [0.1, 0.15) is 37.8 Å². The number of rotatable bonds is 6. The molecular weight excluding hydrogens is 426 g/mol. The molecule has 4 rings (SSSR count). The van der Waals surface area contributed by atoms with Gasteiger partial charge in [0.25, 0.3) is 0 Å². The van der Waals surface area contributed by atoms with Crippen LogP contribution in [0.5, 0.6) is 0 Å². The number of hydrogen-bond acceptors (Lipinski definition) is 7. The average molecular weight is 458 g/mol. The summed E-state index contributed by atoms with van der Waals surface area (Å²) in [5.74, 6) is 0.779. The minimum Gasteiger partial charge on any atom is -0.398 e.